The lowest BCUT2D eigenvalue weighted by molar-refractivity contribution is 0.110. The first kappa shape index (κ1) is 16.7. The molecule has 0 aliphatic carbocycles. The van der Waals surface area contributed by atoms with Crippen molar-refractivity contribution < 1.29 is 0 Å². The number of nitrogens with zero attached hydrogens (tertiary/aromatic N) is 2. The van der Waals surface area contributed by atoms with Crippen LogP contribution >= 0.6 is 35.0 Å². The zero-order valence-electron chi connectivity index (χ0n) is 13.6. The van der Waals surface area contributed by atoms with Crippen LogP contribution in [-0.2, 0) is 6.42 Å². The first-order valence-electron chi connectivity index (χ1n) is 8.30. The Hall–Kier alpha value is -0.710. The zero-order valence-corrected chi connectivity index (χ0v) is 16.0. The van der Waals surface area contributed by atoms with Gasteiger partial charge in [0.2, 0.25) is 0 Å². The smallest absolute Gasteiger partial charge is 0.0735 e. The van der Waals surface area contributed by atoms with E-state index in [1.54, 1.807) is 11.8 Å². The normalized spacial score (nSPS) is 21.9. The molecule has 2 aliphatic heterocycles. The number of fused-ring (bicyclic) bond motifs is 2. The van der Waals surface area contributed by atoms with E-state index in [0.717, 1.165) is 37.5 Å². The summed E-state index contributed by atoms with van der Waals surface area (Å²) in [5, 5.41) is 1.33. The van der Waals surface area contributed by atoms with E-state index in [4.69, 9.17) is 23.2 Å². The van der Waals surface area contributed by atoms with Gasteiger partial charge in [-0.3, -0.25) is 4.90 Å². The van der Waals surface area contributed by atoms with Gasteiger partial charge < -0.3 is 4.90 Å². The molecule has 2 aromatic carbocycles. The Morgan fingerprint density at radius 1 is 1.00 bits per heavy atom. The molecular formula is C19H20Cl2N2S. The Kier molecular flexibility index (Phi) is 4.81. The van der Waals surface area contributed by atoms with Crippen molar-refractivity contribution in [3.63, 3.8) is 0 Å². The molecule has 0 amide bonds. The molecule has 126 valence electrons. The molecule has 5 heteroatoms. The topological polar surface area (TPSA) is 6.48 Å². The number of likely N-dealkylation sites (N-methyl/N-ethyl adjacent to an activating group) is 1. The minimum Gasteiger partial charge on any atom is -0.304 e. The Balaban J connectivity index is 1.80. The van der Waals surface area contributed by atoms with Crippen molar-refractivity contribution in [3.8, 4) is 0 Å². The van der Waals surface area contributed by atoms with Crippen LogP contribution in [0.4, 0.5) is 0 Å². The van der Waals surface area contributed by atoms with E-state index in [-0.39, 0.29) is 0 Å². The monoisotopic (exact) mass is 378 g/mol. The summed E-state index contributed by atoms with van der Waals surface area (Å²) in [6.07, 6.45) is 1.03. The highest BCUT2D eigenvalue weighted by atomic mass is 35.5. The average Bonchev–Trinajstić information content (AvgIpc) is 2.76. The van der Waals surface area contributed by atoms with Gasteiger partial charge in [0.15, 0.2) is 0 Å². The second-order valence-corrected chi connectivity index (χ2v) is 8.39. The maximum atomic E-state index is 6.60. The lowest BCUT2D eigenvalue weighted by Crippen LogP contribution is -2.46. The van der Waals surface area contributed by atoms with E-state index in [1.807, 2.05) is 6.07 Å². The Morgan fingerprint density at radius 2 is 1.75 bits per heavy atom. The molecule has 0 N–H and O–H groups in total. The molecule has 0 saturated carbocycles. The molecule has 1 saturated heterocycles. The summed E-state index contributed by atoms with van der Waals surface area (Å²) in [4.78, 5) is 7.41. The zero-order chi connectivity index (χ0) is 16.7. The maximum Gasteiger partial charge on any atom is 0.0735 e. The number of hydrogen-bond donors (Lipinski definition) is 0. The standard InChI is InChI=1S/C19H20Cl2N2S/c1-22-8-10-23(11-9-22)16-12-13-4-2-3-5-17(13)24-19-14(16)6-7-15(20)18(19)21/h2-7,16H,8-12H2,1H3. The highest BCUT2D eigenvalue weighted by molar-refractivity contribution is 7.99. The van der Waals surface area contributed by atoms with E-state index < -0.39 is 0 Å². The van der Waals surface area contributed by atoms with Crippen LogP contribution in [0.1, 0.15) is 17.2 Å². The Labute approximate surface area is 157 Å². The summed E-state index contributed by atoms with van der Waals surface area (Å²) in [5.41, 5.74) is 2.71. The van der Waals surface area contributed by atoms with Crippen molar-refractivity contribution in [3.05, 3.63) is 57.6 Å². The number of hydrogen-bond acceptors (Lipinski definition) is 3. The van der Waals surface area contributed by atoms with Crippen LogP contribution < -0.4 is 0 Å². The molecule has 2 aliphatic rings. The summed E-state index contributed by atoms with van der Waals surface area (Å²) in [7, 11) is 2.19. The minimum atomic E-state index is 0.361. The average molecular weight is 379 g/mol. The third-order valence-corrected chi connectivity index (χ3v) is 7.19. The summed E-state index contributed by atoms with van der Waals surface area (Å²) < 4.78 is 0. The van der Waals surface area contributed by atoms with Crippen molar-refractivity contribution in [2.45, 2.75) is 22.3 Å². The number of halogens is 2. The fourth-order valence-corrected chi connectivity index (χ4v) is 5.24. The van der Waals surface area contributed by atoms with Gasteiger partial charge in [-0.05, 0) is 36.7 Å². The molecule has 2 nitrogen and oxygen atoms in total. The van der Waals surface area contributed by atoms with Gasteiger partial charge in [0.05, 0.1) is 10.0 Å². The molecule has 2 aromatic rings. The molecule has 24 heavy (non-hydrogen) atoms. The number of piperazine rings is 1. The Morgan fingerprint density at radius 3 is 2.54 bits per heavy atom. The van der Waals surface area contributed by atoms with Gasteiger partial charge in [-0.2, -0.15) is 0 Å². The predicted molar refractivity (Wildman–Crippen MR) is 103 cm³/mol. The van der Waals surface area contributed by atoms with Crippen LogP contribution in [0.3, 0.4) is 0 Å². The van der Waals surface area contributed by atoms with Crippen molar-refractivity contribution in [2.75, 3.05) is 33.2 Å². The van der Waals surface area contributed by atoms with Gasteiger partial charge in [-0.1, -0.05) is 59.2 Å². The molecule has 0 spiro atoms. The van der Waals surface area contributed by atoms with E-state index in [2.05, 4.69) is 47.2 Å². The largest absolute Gasteiger partial charge is 0.304 e. The SMILES string of the molecule is CN1CCN(C2Cc3ccccc3Sc3c2ccc(Cl)c3Cl)CC1. The van der Waals surface area contributed by atoms with Crippen molar-refractivity contribution >= 4 is 35.0 Å². The number of rotatable bonds is 1. The lowest BCUT2D eigenvalue weighted by atomic mass is 9.96. The van der Waals surface area contributed by atoms with E-state index >= 15 is 0 Å². The first-order valence-corrected chi connectivity index (χ1v) is 9.87. The summed E-state index contributed by atoms with van der Waals surface area (Å²) in [6, 6.07) is 13.1. The van der Waals surface area contributed by atoms with Crippen LogP contribution in [0.25, 0.3) is 0 Å². The van der Waals surface area contributed by atoms with Crippen LogP contribution in [0.15, 0.2) is 46.2 Å². The summed E-state index contributed by atoms with van der Waals surface area (Å²) in [5.74, 6) is 0. The van der Waals surface area contributed by atoms with Crippen molar-refractivity contribution in [1.82, 2.24) is 9.80 Å². The highest BCUT2D eigenvalue weighted by Gasteiger charge is 2.30. The molecule has 1 atom stereocenters. The molecule has 1 unspecified atom stereocenters. The third kappa shape index (κ3) is 3.09. The van der Waals surface area contributed by atoms with Gasteiger partial charge in [0, 0.05) is 42.0 Å². The summed E-state index contributed by atoms with van der Waals surface area (Å²) >= 11 is 14.7. The Bertz CT molecular complexity index is 757. The van der Waals surface area contributed by atoms with Crippen LogP contribution in [0.5, 0.6) is 0 Å². The lowest BCUT2D eigenvalue weighted by Gasteiger charge is -2.38. The molecule has 4 rings (SSSR count). The first-order chi connectivity index (χ1) is 11.6. The molecular weight excluding hydrogens is 359 g/mol. The molecule has 0 aromatic heterocycles. The summed E-state index contributed by atoms with van der Waals surface area (Å²) in [6.45, 7) is 4.41. The minimum absolute atomic E-state index is 0.361. The fourth-order valence-electron chi connectivity index (χ4n) is 3.57. The van der Waals surface area contributed by atoms with Crippen LogP contribution in [-0.4, -0.2) is 43.0 Å². The van der Waals surface area contributed by atoms with Gasteiger partial charge in [0.1, 0.15) is 0 Å². The number of benzene rings is 2. The highest BCUT2D eigenvalue weighted by Crippen LogP contribution is 2.47. The van der Waals surface area contributed by atoms with Crippen LogP contribution in [0.2, 0.25) is 10.0 Å². The van der Waals surface area contributed by atoms with Crippen molar-refractivity contribution in [1.29, 1.82) is 0 Å². The van der Waals surface area contributed by atoms with Gasteiger partial charge >= 0.3 is 0 Å². The molecule has 1 fully saturated rings. The molecule has 0 bridgehead atoms. The third-order valence-electron chi connectivity index (χ3n) is 5.02. The maximum absolute atomic E-state index is 6.60. The van der Waals surface area contributed by atoms with E-state index in [0.29, 0.717) is 16.1 Å². The van der Waals surface area contributed by atoms with Crippen molar-refractivity contribution in [2.24, 2.45) is 0 Å². The quantitative estimate of drug-likeness (QED) is 0.689. The second kappa shape index (κ2) is 6.89. The van der Waals surface area contributed by atoms with Gasteiger partial charge in [0.25, 0.3) is 0 Å². The molecule has 2 heterocycles. The molecule has 0 radical (unpaired) electrons. The fraction of sp³-hybridized carbons (Fsp3) is 0.368. The van der Waals surface area contributed by atoms with Gasteiger partial charge in [-0.25, -0.2) is 0 Å². The second-order valence-electron chi connectivity index (χ2n) is 6.55. The van der Waals surface area contributed by atoms with E-state index in [1.165, 1.54) is 16.0 Å². The van der Waals surface area contributed by atoms with E-state index in [9.17, 15) is 0 Å². The van der Waals surface area contributed by atoms with Crippen LogP contribution in [0, 0.1) is 0 Å². The van der Waals surface area contributed by atoms with Gasteiger partial charge in [-0.15, -0.1) is 0 Å². The predicted octanol–water partition coefficient (Wildman–Crippen LogP) is 4.99.